The average molecular weight is 420 g/mol. The number of nitrogens with zero attached hydrogens (tertiary/aromatic N) is 2. The number of nitrogens with one attached hydrogen (secondary N) is 1. The number of hydrogen-bond acceptors (Lipinski definition) is 6. The Morgan fingerprint density at radius 3 is 2.10 bits per heavy atom. The van der Waals surface area contributed by atoms with Crippen molar-refractivity contribution >= 4 is 21.6 Å². The summed E-state index contributed by atoms with van der Waals surface area (Å²) in [5, 5.41) is 3.97. The van der Waals surface area contributed by atoms with E-state index in [2.05, 4.69) is 9.93 Å². The van der Waals surface area contributed by atoms with E-state index >= 15 is 0 Å². The smallest absolute Gasteiger partial charge is 0.276 e. The molecule has 156 valence electrons. The first-order valence-corrected chi connectivity index (χ1v) is 10.4. The molecular formula is C20H25N3O5S. The normalized spacial score (nSPS) is 11.7. The number of benzene rings is 2. The molecule has 2 rings (SSSR count). The van der Waals surface area contributed by atoms with Gasteiger partial charge in [-0.2, -0.15) is 18.4 Å². The lowest BCUT2D eigenvalue weighted by Crippen LogP contribution is -2.27. The Balaban J connectivity index is 2.01. The standard InChI is InChI=1S/C20H25N3O5S/c1-5-27-17-10-12-19(13-11-17)29(25,26)22-21-15(2)16-6-8-18(9-7-16)28-14-20(24)23(3)4/h6-13,22H,5,14H2,1-4H3/b21-15-. The molecular weight excluding hydrogens is 394 g/mol. The Morgan fingerprint density at radius 2 is 1.55 bits per heavy atom. The molecule has 2 aromatic rings. The third-order valence-electron chi connectivity index (χ3n) is 3.91. The average Bonchev–Trinajstić information content (AvgIpc) is 2.71. The van der Waals surface area contributed by atoms with Crippen molar-refractivity contribution in [3.05, 3.63) is 54.1 Å². The van der Waals surface area contributed by atoms with Crippen molar-refractivity contribution in [1.82, 2.24) is 9.73 Å². The van der Waals surface area contributed by atoms with Gasteiger partial charge in [0.2, 0.25) is 0 Å². The second kappa shape index (κ2) is 9.92. The highest BCUT2D eigenvalue weighted by molar-refractivity contribution is 7.89. The van der Waals surface area contributed by atoms with Gasteiger partial charge >= 0.3 is 0 Å². The number of rotatable bonds is 9. The van der Waals surface area contributed by atoms with Gasteiger partial charge in [0.05, 0.1) is 17.2 Å². The first-order valence-electron chi connectivity index (χ1n) is 8.95. The molecule has 0 aliphatic rings. The fourth-order valence-corrected chi connectivity index (χ4v) is 3.05. The number of hydrogen-bond donors (Lipinski definition) is 1. The fraction of sp³-hybridized carbons (Fsp3) is 0.300. The third-order valence-corrected chi connectivity index (χ3v) is 5.14. The van der Waals surface area contributed by atoms with Gasteiger partial charge in [-0.3, -0.25) is 4.79 Å². The van der Waals surface area contributed by atoms with Crippen molar-refractivity contribution in [3.63, 3.8) is 0 Å². The second-order valence-corrected chi connectivity index (χ2v) is 7.96. The summed E-state index contributed by atoms with van der Waals surface area (Å²) in [7, 11) is -0.478. The van der Waals surface area contributed by atoms with E-state index in [1.807, 2.05) is 6.92 Å². The predicted molar refractivity (Wildman–Crippen MR) is 111 cm³/mol. The molecule has 29 heavy (non-hydrogen) atoms. The van der Waals surface area contributed by atoms with E-state index in [0.29, 0.717) is 29.4 Å². The number of ether oxygens (including phenoxy) is 2. The summed E-state index contributed by atoms with van der Waals surface area (Å²) in [5.74, 6) is 0.989. The number of amides is 1. The van der Waals surface area contributed by atoms with Crippen LogP contribution < -0.4 is 14.3 Å². The van der Waals surface area contributed by atoms with Crippen LogP contribution in [0, 0.1) is 0 Å². The molecule has 1 N–H and O–H groups in total. The van der Waals surface area contributed by atoms with Crippen molar-refractivity contribution in [2.45, 2.75) is 18.7 Å². The predicted octanol–water partition coefficient (Wildman–Crippen LogP) is 2.25. The maximum Gasteiger partial charge on any atom is 0.276 e. The number of hydrazone groups is 1. The Morgan fingerprint density at radius 1 is 1.00 bits per heavy atom. The zero-order chi connectivity index (χ0) is 21.4. The van der Waals surface area contributed by atoms with Gasteiger partial charge < -0.3 is 14.4 Å². The van der Waals surface area contributed by atoms with Crippen LogP contribution in [-0.2, 0) is 14.8 Å². The Hall–Kier alpha value is -3.07. The highest BCUT2D eigenvalue weighted by Crippen LogP contribution is 2.16. The molecule has 0 fully saturated rings. The molecule has 0 radical (unpaired) electrons. The van der Waals surface area contributed by atoms with Gasteiger partial charge in [-0.05, 0) is 67.9 Å². The van der Waals surface area contributed by atoms with E-state index in [1.165, 1.54) is 17.0 Å². The van der Waals surface area contributed by atoms with Crippen LogP contribution in [0.15, 0.2) is 58.5 Å². The van der Waals surface area contributed by atoms with Crippen LogP contribution in [0.4, 0.5) is 0 Å². The van der Waals surface area contributed by atoms with Crippen molar-refractivity contribution in [3.8, 4) is 11.5 Å². The Kier molecular flexibility index (Phi) is 7.60. The van der Waals surface area contributed by atoms with Gasteiger partial charge in [0.25, 0.3) is 15.9 Å². The summed E-state index contributed by atoms with van der Waals surface area (Å²) >= 11 is 0. The minimum absolute atomic E-state index is 0.0543. The van der Waals surface area contributed by atoms with Gasteiger partial charge in [0, 0.05) is 14.1 Å². The molecule has 8 nitrogen and oxygen atoms in total. The zero-order valence-corrected chi connectivity index (χ0v) is 17.7. The van der Waals surface area contributed by atoms with Crippen LogP contribution in [0.5, 0.6) is 11.5 Å². The number of carbonyl (C=O) groups excluding carboxylic acids is 1. The maximum absolute atomic E-state index is 12.4. The molecule has 2 aromatic carbocycles. The fourth-order valence-electron chi connectivity index (χ4n) is 2.19. The zero-order valence-electron chi connectivity index (χ0n) is 16.9. The van der Waals surface area contributed by atoms with Crippen LogP contribution in [0.25, 0.3) is 0 Å². The van der Waals surface area contributed by atoms with Crippen LogP contribution >= 0.6 is 0 Å². The van der Waals surface area contributed by atoms with E-state index < -0.39 is 10.0 Å². The van der Waals surface area contributed by atoms with E-state index in [9.17, 15) is 13.2 Å². The number of likely N-dealkylation sites (N-methyl/N-ethyl adjacent to an activating group) is 1. The summed E-state index contributed by atoms with van der Waals surface area (Å²) in [6.07, 6.45) is 0. The second-order valence-electron chi connectivity index (χ2n) is 6.30. The summed E-state index contributed by atoms with van der Waals surface area (Å²) in [4.78, 5) is 15.3. The minimum atomic E-state index is -3.79. The first-order chi connectivity index (χ1) is 13.7. The third kappa shape index (κ3) is 6.49. The molecule has 0 bridgehead atoms. The monoisotopic (exact) mass is 419 g/mol. The quantitative estimate of drug-likeness (QED) is 0.497. The van der Waals surface area contributed by atoms with Gasteiger partial charge in [-0.15, -0.1) is 0 Å². The molecule has 0 unspecified atom stereocenters. The van der Waals surface area contributed by atoms with E-state index in [4.69, 9.17) is 9.47 Å². The molecule has 9 heteroatoms. The van der Waals surface area contributed by atoms with E-state index in [-0.39, 0.29) is 17.4 Å². The molecule has 0 spiro atoms. The van der Waals surface area contributed by atoms with Crippen LogP contribution in [0.3, 0.4) is 0 Å². The number of sulfonamides is 1. The van der Waals surface area contributed by atoms with Crippen LogP contribution in [-0.4, -0.2) is 52.2 Å². The van der Waals surface area contributed by atoms with Crippen molar-refractivity contribution in [2.24, 2.45) is 5.10 Å². The number of carbonyl (C=O) groups is 1. The van der Waals surface area contributed by atoms with E-state index in [0.717, 1.165) is 0 Å². The van der Waals surface area contributed by atoms with Crippen molar-refractivity contribution in [1.29, 1.82) is 0 Å². The molecule has 1 amide bonds. The van der Waals surface area contributed by atoms with Crippen LogP contribution in [0.1, 0.15) is 19.4 Å². The molecule has 0 aliphatic heterocycles. The highest BCUT2D eigenvalue weighted by atomic mass is 32.2. The first kappa shape index (κ1) is 22.2. The Labute approximate surface area is 171 Å². The van der Waals surface area contributed by atoms with Gasteiger partial charge in [0.1, 0.15) is 11.5 Å². The van der Waals surface area contributed by atoms with E-state index in [1.54, 1.807) is 57.4 Å². The molecule has 0 saturated carbocycles. The molecule has 0 saturated heterocycles. The summed E-state index contributed by atoms with van der Waals surface area (Å²) in [6.45, 7) is 3.99. The molecule has 0 heterocycles. The summed E-state index contributed by atoms with van der Waals surface area (Å²) < 4.78 is 35.5. The van der Waals surface area contributed by atoms with Gasteiger partial charge in [-0.25, -0.2) is 0 Å². The largest absolute Gasteiger partial charge is 0.494 e. The molecule has 0 aromatic heterocycles. The summed E-state index contributed by atoms with van der Waals surface area (Å²) in [5.41, 5.74) is 1.20. The van der Waals surface area contributed by atoms with Crippen molar-refractivity contribution < 1.29 is 22.7 Å². The maximum atomic E-state index is 12.4. The SMILES string of the molecule is CCOc1ccc(S(=O)(=O)N/N=C(/C)c2ccc(OCC(=O)N(C)C)cc2)cc1. The summed E-state index contributed by atoms with van der Waals surface area (Å²) in [6, 6.07) is 13.0. The van der Waals surface area contributed by atoms with Crippen LogP contribution in [0.2, 0.25) is 0 Å². The topological polar surface area (TPSA) is 97.3 Å². The Bertz CT molecular complexity index is 953. The lowest BCUT2D eigenvalue weighted by atomic mass is 10.1. The molecule has 0 atom stereocenters. The van der Waals surface area contributed by atoms with Gasteiger partial charge in [0.15, 0.2) is 6.61 Å². The van der Waals surface area contributed by atoms with Gasteiger partial charge in [-0.1, -0.05) is 0 Å². The lowest BCUT2D eigenvalue weighted by Gasteiger charge is -2.11. The lowest BCUT2D eigenvalue weighted by molar-refractivity contribution is -0.130. The van der Waals surface area contributed by atoms with Crippen molar-refractivity contribution in [2.75, 3.05) is 27.3 Å². The highest BCUT2D eigenvalue weighted by Gasteiger charge is 2.13. The molecule has 0 aliphatic carbocycles. The minimum Gasteiger partial charge on any atom is -0.494 e.